The smallest absolute Gasteiger partial charge is 0.0442 e. The van der Waals surface area contributed by atoms with Gasteiger partial charge in [0.2, 0.25) is 0 Å². The van der Waals surface area contributed by atoms with E-state index in [0.29, 0.717) is 5.92 Å². The maximum atomic E-state index is 6.10. The lowest BCUT2D eigenvalue weighted by Gasteiger charge is -2.11. The number of benzene rings is 1. The first-order valence-electron chi connectivity index (χ1n) is 4.33. The van der Waals surface area contributed by atoms with Crippen LogP contribution >= 0.6 is 27.5 Å². The highest BCUT2D eigenvalue weighted by molar-refractivity contribution is 9.10. The van der Waals surface area contributed by atoms with Crippen molar-refractivity contribution in [2.45, 2.75) is 19.4 Å². The standard InChI is InChI=1S/C10H11BrClN/c1-5-4-6-8(12)3-2-7(11)9(6)10(5)13/h2-3,5,10H,4,13H2,1H3. The average Bonchev–Trinajstić information content (AvgIpc) is 2.38. The Bertz CT molecular complexity index is 351. The van der Waals surface area contributed by atoms with E-state index in [1.165, 1.54) is 11.1 Å². The molecule has 2 rings (SSSR count). The van der Waals surface area contributed by atoms with Gasteiger partial charge >= 0.3 is 0 Å². The summed E-state index contributed by atoms with van der Waals surface area (Å²) in [5.41, 5.74) is 8.48. The molecule has 1 aliphatic carbocycles. The van der Waals surface area contributed by atoms with Gasteiger partial charge in [0, 0.05) is 15.5 Å². The van der Waals surface area contributed by atoms with E-state index in [2.05, 4.69) is 22.9 Å². The third-order valence-corrected chi connectivity index (χ3v) is 3.76. The van der Waals surface area contributed by atoms with Gasteiger partial charge in [0.25, 0.3) is 0 Å². The number of hydrogen-bond acceptors (Lipinski definition) is 1. The van der Waals surface area contributed by atoms with E-state index in [9.17, 15) is 0 Å². The number of nitrogens with two attached hydrogens (primary N) is 1. The minimum absolute atomic E-state index is 0.128. The van der Waals surface area contributed by atoms with Crippen molar-refractivity contribution < 1.29 is 0 Å². The summed E-state index contributed by atoms with van der Waals surface area (Å²) in [5.74, 6) is 0.492. The Morgan fingerprint density at radius 2 is 2.23 bits per heavy atom. The van der Waals surface area contributed by atoms with Crippen LogP contribution in [0.5, 0.6) is 0 Å². The van der Waals surface area contributed by atoms with Crippen molar-refractivity contribution in [2.24, 2.45) is 11.7 Å². The largest absolute Gasteiger partial charge is 0.324 e. The second-order valence-corrected chi connectivity index (χ2v) is 4.89. The highest BCUT2D eigenvalue weighted by atomic mass is 79.9. The quantitative estimate of drug-likeness (QED) is 0.761. The summed E-state index contributed by atoms with van der Waals surface area (Å²) in [6.45, 7) is 2.16. The lowest BCUT2D eigenvalue weighted by Crippen LogP contribution is -2.13. The van der Waals surface area contributed by atoms with Gasteiger partial charge < -0.3 is 5.73 Å². The predicted molar refractivity (Wildman–Crippen MR) is 58.9 cm³/mol. The van der Waals surface area contributed by atoms with E-state index in [4.69, 9.17) is 17.3 Å². The SMILES string of the molecule is CC1Cc2c(Cl)ccc(Br)c2C1N. The Morgan fingerprint density at radius 3 is 2.85 bits per heavy atom. The lowest BCUT2D eigenvalue weighted by atomic mass is 10.0. The molecule has 0 aliphatic heterocycles. The first-order valence-corrected chi connectivity index (χ1v) is 5.50. The molecule has 1 aliphatic rings. The molecule has 0 heterocycles. The molecule has 2 atom stereocenters. The summed E-state index contributed by atoms with van der Waals surface area (Å²) in [6.07, 6.45) is 0.995. The lowest BCUT2D eigenvalue weighted by molar-refractivity contribution is 0.512. The van der Waals surface area contributed by atoms with E-state index in [0.717, 1.165) is 15.9 Å². The Kier molecular flexibility index (Phi) is 2.39. The van der Waals surface area contributed by atoms with Gasteiger partial charge in [-0.25, -0.2) is 0 Å². The van der Waals surface area contributed by atoms with Gasteiger partial charge in [0.15, 0.2) is 0 Å². The van der Waals surface area contributed by atoms with Crippen LogP contribution in [-0.4, -0.2) is 0 Å². The van der Waals surface area contributed by atoms with Gasteiger partial charge in [-0.05, 0) is 35.6 Å². The zero-order valence-electron chi connectivity index (χ0n) is 7.35. The summed E-state index contributed by atoms with van der Waals surface area (Å²) >= 11 is 9.61. The number of halogens is 2. The molecular formula is C10H11BrClN. The molecule has 2 unspecified atom stereocenters. The molecule has 0 aromatic heterocycles. The molecule has 0 saturated carbocycles. The van der Waals surface area contributed by atoms with E-state index >= 15 is 0 Å². The van der Waals surface area contributed by atoms with Crippen LogP contribution in [0.2, 0.25) is 5.02 Å². The summed E-state index contributed by atoms with van der Waals surface area (Å²) in [4.78, 5) is 0. The highest BCUT2D eigenvalue weighted by Gasteiger charge is 2.29. The molecule has 0 radical (unpaired) electrons. The number of hydrogen-bond donors (Lipinski definition) is 1. The average molecular weight is 261 g/mol. The molecule has 0 spiro atoms. The zero-order chi connectivity index (χ0) is 9.59. The molecule has 1 aromatic rings. The third kappa shape index (κ3) is 1.41. The van der Waals surface area contributed by atoms with Crippen molar-refractivity contribution in [3.63, 3.8) is 0 Å². The number of rotatable bonds is 0. The fourth-order valence-electron chi connectivity index (χ4n) is 1.91. The van der Waals surface area contributed by atoms with E-state index in [-0.39, 0.29) is 6.04 Å². The van der Waals surface area contributed by atoms with Crippen LogP contribution in [0.3, 0.4) is 0 Å². The van der Waals surface area contributed by atoms with E-state index < -0.39 is 0 Å². The Morgan fingerprint density at radius 1 is 1.54 bits per heavy atom. The normalized spacial score (nSPS) is 26.2. The second kappa shape index (κ2) is 3.26. The van der Waals surface area contributed by atoms with Crippen molar-refractivity contribution in [1.29, 1.82) is 0 Å². The summed E-state index contributed by atoms with van der Waals surface area (Å²) in [5, 5.41) is 0.845. The van der Waals surface area contributed by atoms with E-state index in [1.807, 2.05) is 12.1 Å². The van der Waals surface area contributed by atoms with Crippen LogP contribution in [-0.2, 0) is 6.42 Å². The Hall–Kier alpha value is -0.0500. The van der Waals surface area contributed by atoms with Gasteiger partial charge in [-0.15, -0.1) is 0 Å². The van der Waals surface area contributed by atoms with Gasteiger partial charge in [-0.1, -0.05) is 34.5 Å². The van der Waals surface area contributed by atoms with Crippen molar-refractivity contribution in [2.75, 3.05) is 0 Å². The van der Waals surface area contributed by atoms with Crippen molar-refractivity contribution in [1.82, 2.24) is 0 Å². The Labute approximate surface area is 91.4 Å². The maximum absolute atomic E-state index is 6.10. The van der Waals surface area contributed by atoms with Crippen LogP contribution in [0, 0.1) is 5.92 Å². The van der Waals surface area contributed by atoms with Crippen LogP contribution < -0.4 is 5.73 Å². The molecule has 2 N–H and O–H groups in total. The Balaban J connectivity index is 2.61. The number of fused-ring (bicyclic) bond motifs is 1. The zero-order valence-corrected chi connectivity index (χ0v) is 9.69. The van der Waals surface area contributed by atoms with E-state index in [1.54, 1.807) is 0 Å². The van der Waals surface area contributed by atoms with Crippen LogP contribution in [0.15, 0.2) is 16.6 Å². The first kappa shape index (κ1) is 9.50. The second-order valence-electron chi connectivity index (χ2n) is 3.63. The van der Waals surface area contributed by atoms with Gasteiger partial charge in [-0.3, -0.25) is 0 Å². The fraction of sp³-hybridized carbons (Fsp3) is 0.400. The molecule has 70 valence electrons. The molecular weight excluding hydrogens is 249 g/mol. The predicted octanol–water partition coefficient (Wildman–Crippen LogP) is 3.29. The highest BCUT2D eigenvalue weighted by Crippen LogP contribution is 2.41. The van der Waals surface area contributed by atoms with Gasteiger partial charge in [0.05, 0.1) is 0 Å². The topological polar surface area (TPSA) is 26.0 Å². The van der Waals surface area contributed by atoms with Gasteiger partial charge in [0.1, 0.15) is 0 Å². The third-order valence-electron chi connectivity index (χ3n) is 2.72. The summed E-state index contributed by atoms with van der Waals surface area (Å²) in [6, 6.07) is 4.02. The molecule has 1 nitrogen and oxygen atoms in total. The summed E-state index contributed by atoms with van der Waals surface area (Å²) < 4.78 is 1.09. The molecule has 13 heavy (non-hydrogen) atoms. The molecule has 0 saturated heterocycles. The van der Waals surface area contributed by atoms with Crippen molar-refractivity contribution in [3.8, 4) is 0 Å². The van der Waals surface area contributed by atoms with Crippen LogP contribution in [0.4, 0.5) is 0 Å². The maximum Gasteiger partial charge on any atom is 0.0442 e. The minimum atomic E-state index is 0.128. The minimum Gasteiger partial charge on any atom is -0.324 e. The molecule has 1 aromatic carbocycles. The van der Waals surface area contributed by atoms with Crippen molar-refractivity contribution >= 4 is 27.5 Å². The van der Waals surface area contributed by atoms with Crippen molar-refractivity contribution in [3.05, 3.63) is 32.8 Å². The molecule has 0 amide bonds. The van der Waals surface area contributed by atoms with Gasteiger partial charge in [-0.2, -0.15) is 0 Å². The van der Waals surface area contributed by atoms with Crippen LogP contribution in [0.1, 0.15) is 24.1 Å². The van der Waals surface area contributed by atoms with Crippen LogP contribution in [0.25, 0.3) is 0 Å². The molecule has 3 heteroatoms. The first-order chi connectivity index (χ1) is 6.11. The molecule has 0 bridgehead atoms. The summed E-state index contributed by atoms with van der Waals surface area (Å²) in [7, 11) is 0. The fourth-order valence-corrected chi connectivity index (χ4v) is 2.79. The monoisotopic (exact) mass is 259 g/mol. The molecule has 0 fully saturated rings.